The van der Waals surface area contributed by atoms with Crippen molar-refractivity contribution in [3.05, 3.63) is 187 Å². The van der Waals surface area contributed by atoms with Crippen molar-refractivity contribution in [2.45, 2.75) is 19.3 Å². The van der Waals surface area contributed by atoms with Crippen LogP contribution in [-0.2, 0) is 5.41 Å². The normalized spacial score (nSPS) is 13.1. The highest BCUT2D eigenvalue weighted by Crippen LogP contribution is 2.52. The highest BCUT2D eigenvalue weighted by molar-refractivity contribution is 6.13. The molecule has 0 saturated carbocycles. The Morgan fingerprint density at radius 3 is 1.78 bits per heavy atom. The molecular weight excluding hydrogens is 723 g/mol. The van der Waals surface area contributed by atoms with Gasteiger partial charge in [-0.3, -0.25) is 0 Å². The lowest BCUT2D eigenvalue weighted by Crippen LogP contribution is -2.16. The largest absolute Gasteiger partial charge is 0.456 e. The first-order chi connectivity index (χ1) is 29.0. The molecule has 0 fully saturated rings. The van der Waals surface area contributed by atoms with Gasteiger partial charge in [0, 0.05) is 43.7 Å². The van der Waals surface area contributed by atoms with Crippen molar-refractivity contribution >= 4 is 43.9 Å². The van der Waals surface area contributed by atoms with Gasteiger partial charge in [-0.2, -0.15) is 0 Å². The average molecular weight is 758 g/mol. The van der Waals surface area contributed by atoms with E-state index in [-0.39, 0.29) is 5.41 Å². The van der Waals surface area contributed by atoms with Gasteiger partial charge in [0.25, 0.3) is 0 Å². The number of aromatic nitrogens is 3. The maximum Gasteiger partial charge on any atom is 0.164 e. The van der Waals surface area contributed by atoms with E-state index in [9.17, 15) is 0 Å². The summed E-state index contributed by atoms with van der Waals surface area (Å²) in [7, 11) is 0. The zero-order valence-corrected chi connectivity index (χ0v) is 32.4. The van der Waals surface area contributed by atoms with E-state index in [4.69, 9.17) is 23.8 Å². The minimum absolute atomic E-state index is 0.0876. The van der Waals surface area contributed by atoms with Gasteiger partial charge in [0.15, 0.2) is 17.5 Å². The van der Waals surface area contributed by atoms with Crippen molar-refractivity contribution in [1.82, 2.24) is 15.0 Å². The number of furan rings is 2. The molecular formula is C54H35N3O2. The molecule has 0 unspecified atom stereocenters. The molecule has 0 amide bonds. The Morgan fingerprint density at radius 2 is 0.915 bits per heavy atom. The summed E-state index contributed by atoms with van der Waals surface area (Å²) in [6.07, 6.45) is 0. The molecule has 12 rings (SSSR count). The molecule has 1 aliphatic carbocycles. The molecule has 0 radical (unpaired) electrons. The van der Waals surface area contributed by atoms with E-state index in [1.54, 1.807) is 0 Å². The fourth-order valence-corrected chi connectivity index (χ4v) is 9.33. The van der Waals surface area contributed by atoms with Crippen LogP contribution < -0.4 is 0 Å². The predicted octanol–water partition coefficient (Wildman–Crippen LogP) is 14.3. The van der Waals surface area contributed by atoms with E-state index in [0.29, 0.717) is 17.5 Å². The molecule has 1 aliphatic rings. The Bertz CT molecular complexity index is 3470. The average Bonchev–Trinajstić information content (AvgIpc) is 3.93. The van der Waals surface area contributed by atoms with Crippen molar-refractivity contribution in [2.24, 2.45) is 0 Å². The van der Waals surface area contributed by atoms with Gasteiger partial charge in [0.05, 0.1) is 0 Å². The van der Waals surface area contributed by atoms with E-state index in [0.717, 1.165) is 71.7 Å². The van der Waals surface area contributed by atoms with Crippen molar-refractivity contribution < 1.29 is 8.83 Å². The lowest BCUT2D eigenvalue weighted by atomic mass is 9.79. The molecule has 278 valence electrons. The van der Waals surface area contributed by atoms with Crippen molar-refractivity contribution in [2.75, 3.05) is 0 Å². The number of nitrogens with zero attached hydrogens (tertiary/aromatic N) is 3. The second kappa shape index (κ2) is 12.7. The van der Waals surface area contributed by atoms with Crippen LogP contribution in [0.4, 0.5) is 0 Å². The molecule has 0 N–H and O–H groups in total. The van der Waals surface area contributed by atoms with Crippen LogP contribution in [-0.4, -0.2) is 15.0 Å². The van der Waals surface area contributed by atoms with E-state index >= 15 is 0 Å². The lowest BCUT2D eigenvalue weighted by molar-refractivity contribution is 0.662. The quantitative estimate of drug-likeness (QED) is 0.175. The van der Waals surface area contributed by atoms with Crippen LogP contribution in [0.5, 0.6) is 0 Å². The molecule has 59 heavy (non-hydrogen) atoms. The van der Waals surface area contributed by atoms with E-state index in [1.807, 2.05) is 72.8 Å². The summed E-state index contributed by atoms with van der Waals surface area (Å²) >= 11 is 0. The number of hydrogen-bond donors (Lipinski definition) is 0. The third kappa shape index (κ3) is 5.21. The summed E-state index contributed by atoms with van der Waals surface area (Å²) in [6, 6.07) is 61.4. The maximum atomic E-state index is 6.50. The third-order valence-electron chi connectivity index (χ3n) is 12.1. The number of fused-ring (bicyclic) bond motifs is 9. The van der Waals surface area contributed by atoms with Gasteiger partial charge in [0.1, 0.15) is 22.3 Å². The fourth-order valence-electron chi connectivity index (χ4n) is 9.33. The maximum absolute atomic E-state index is 6.50. The minimum Gasteiger partial charge on any atom is -0.456 e. The van der Waals surface area contributed by atoms with E-state index in [2.05, 4.69) is 117 Å². The standard InChI is InChI=1S/C54H35N3O2/c1-54(2)44-19-8-6-14-38(44)40-17-10-16-37(50(40)54)33-24-22-32(23-25-33)35-26-28-47-43(30-35)49-41(18-11-21-48(49)59-47)53-56-51(34-12-4-3-5-13-34)55-52(57-53)36-27-29-46-42(31-36)39-15-7-9-20-45(39)58-46/h3-31H,1-2H3. The molecule has 8 aromatic carbocycles. The van der Waals surface area contributed by atoms with Gasteiger partial charge >= 0.3 is 0 Å². The molecule has 3 aromatic heterocycles. The second-order valence-corrected chi connectivity index (χ2v) is 15.9. The Morgan fingerprint density at radius 1 is 0.356 bits per heavy atom. The van der Waals surface area contributed by atoms with E-state index < -0.39 is 0 Å². The predicted molar refractivity (Wildman–Crippen MR) is 239 cm³/mol. The topological polar surface area (TPSA) is 65.0 Å². The Hall–Kier alpha value is -7.63. The monoisotopic (exact) mass is 757 g/mol. The highest BCUT2D eigenvalue weighted by Gasteiger charge is 2.37. The van der Waals surface area contributed by atoms with Gasteiger partial charge in [0.2, 0.25) is 0 Å². The van der Waals surface area contributed by atoms with Crippen LogP contribution >= 0.6 is 0 Å². The summed E-state index contributed by atoms with van der Waals surface area (Å²) < 4.78 is 12.6. The zero-order valence-electron chi connectivity index (χ0n) is 32.4. The number of para-hydroxylation sites is 1. The number of rotatable bonds is 5. The van der Waals surface area contributed by atoms with Gasteiger partial charge in [-0.15, -0.1) is 0 Å². The van der Waals surface area contributed by atoms with Gasteiger partial charge in [-0.25, -0.2) is 15.0 Å². The SMILES string of the molecule is CC1(C)c2ccccc2-c2cccc(-c3ccc(-c4ccc5oc6cccc(-c7nc(-c8ccccc8)nc(-c8ccc9oc%10ccccc%10c9c8)n7)c6c5c4)cc3)c21. The molecule has 5 heteroatoms. The van der Waals surface area contributed by atoms with Crippen LogP contribution in [0.2, 0.25) is 0 Å². The first-order valence-corrected chi connectivity index (χ1v) is 20.0. The second-order valence-electron chi connectivity index (χ2n) is 15.9. The van der Waals surface area contributed by atoms with Crippen molar-refractivity contribution in [1.29, 1.82) is 0 Å². The minimum atomic E-state index is -0.0876. The summed E-state index contributed by atoms with van der Waals surface area (Å²) in [5.41, 5.74) is 16.0. The van der Waals surface area contributed by atoms with Crippen LogP contribution in [0, 0.1) is 0 Å². The molecule has 0 saturated heterocycles. The highest BCUT2D eigenvalue weighted by atomic mass is 16.3. The van der Waals surface area contributed by atoms with Crippen LogP contribution in [0.15, 0.2) is 185 Å². The zero-order chi connectivity index (χ0) is 39.2. The van der Waals surface area contributed by atoms with Gasteiger partial charge in [-0.1, -0.05) is 147 Å². The van der Waals surface area contributed by atoms with Crippen LogP contribution in [0.25, 0.3) is 111 Å². The Labute approximate surface area is 340 Å². The molecule has 0 spiro atoms. The molecule has 0 atom stereocenters. The molecule has 0 bridgehead atoms. The molecule has 5 nitrogen and oxygen atoms in total. The third-order valence-corrected chi connectivity index (χ3v) is 12.1. The van der Waals surface area contributed by atoms with Crippen molar-refractivity contribution in [3.8, 4) is 67.5 Å². The molecule has 11 aromatic rings. The van der Waals surface area contributed by atoms with Gasteiger partial charge in [-0.05, 0) is 87.0 Å². The summed E-state index contributed by atoms with van der Waals surface area (Å²) in [6.45, 7) is 4.69. The first kappa shape index (κ1) is 33.5. The van der Waals surface area contributed by atoms with Crippen molar-refractivity contribution in [3.63, 3.8) is 0 Å². The Kier molecular flexibility index (Phi) is 7.20. The van der Waals surface area contributed by atoms with Crippen LogP contribution in [0.1, 0.15) is 25.0 Å². The first-order valence-electron chi connectivity index (χ1n) is 20.0. The van der Waals surface area contributed by atoms with Gasteiger partial charge < -0.3 is 8.83 Å². The number of hydrogen-bond acceptors (Lipinski definition) is 5. The molecule has 0 aliphatic heterocycles. The number of benzene rings is 8. The smallest absolute Gasteiger partial charge is 0.164 e. The summed E-state index contributed by atoms with van der Waals surface area (Å²) in [5, 5.41) is 4.05. The molecule has 3 heterocycles. The summed E-state index contributed by atoms with van der Waals surface area (Å²) in [4.78, 5) is 15.3. The summed E-state index contributed by atoms with van der Waals surface area (Å²) in [5.74, 6) is 1.77. The van der Waals surface area contributed by atoms with Crippen LogP contribution in [0.3, 0.4) is 0 Å². The van der Waals surface area contributed by atoms with E-state index in [1.165, 1.54) is 33.4 Å². The lowest BCUT2D eigenvalue weighted by Gasteiger charge is -2.24. The Balaban J connectivity index is 0.975. The fraction of sp³-hybridized carbons (Fsp3) is 0.0556.